The molecule has 5 aromatic rings. The number of aliphatic imine (C=N–C) groups is 2. The van der Waals surface area contributed by atoms with Gasteiger partial charge in [0.2, 0.25) is 5.91 Å². The van der Waals surface area contributed by atoms with E-state index >= 15 is 8.63 Å². The summed E-state index contributed by atoms with van der Waals surface area (Å²) >= 11 is 0. The van der Waals surface area contributed by atoms with Crippen molar-refractivity contribution in [3.8, 4) is 33.9 Å². The summed E-state index contributed by atoms with van der Waals surface area (Å²) in [7, 11) is -1.43. The van der Waals surface area contributed by atoms with Crippen molar-refractivity contribution in [3.05, 3.63) is 132 Å². The molecule has 416 valence electrons. The smallest absolute Gasteiger partial charge is 0.497 e. The Labute approximate surface area is 455 Å². The molecule has 21 nitrogen and oxygen atoms in total. The molecule has 1 aliphatic heterocycles. The summed E-state index contributed by atoms with van der Waals surface area (Å²) in [6, 6.07) is 33.7. The van der Waals surface area contributed by atoms with Gasteiger partial charge in [0.05, 0.1) is 45.5 Å². The number of halogens is 2. The molecule has 0 spiro atoms. The van der Waals surface area contributed by atoms with Crippen molar-refractivity contribution in [1.29, 1.82) is 0 Å². The molecule has 6 rings (SSSR count). The Balaban J connectivity index is 1.05. The van der Waals surface area contributed by atoms with Crippen LogP contribution in [0.1, 0.15) is 18.1 Å². The van der Waals surface area contributed by atoms with Crippen LogP contribution in [-0.4, -0.2) is 204 Å². The number of amidine groups is 1. The average molecular weight is 1090 g/mol. The summed E-state index contributed by atoms with van der Waals surface area (Å²) in [5, 5.41) is 43.0. The van der Waals surface area contributed by atoms with Crippen LogP contribution < -0.4 is 20.1 Å². The first kappa shape index (κ1) is 59.7. The van der Waals surface area contributed by atoms with Gasteiger partial charge in [0.1, 0.15) is 17.3 Å². The van der Waals surface area contributed by atoms with Crippen molar-refractivity contribution in [3.63, 3.8) is 0 Å². The number of aliphatic carboxylic acids is 4. The predicted octanol–water partition coefficient (Wildman–Crippen LogP) is 4.40. The number of carbonyl (C=O) groups is 6. The normalized spacial score (nSPS) is 12.7. The molecule has 2 heterocycles. The predicted molar refractivity (Wildman–Crippen MR) is 293 cm³/mol. The third kappa shape index (κ3) is 18.6. The van der Waals surface area contributed by atoms with Gasteiger partial charge in [0.15, 0.2) is 12.4 Å². The lowest BCUT2D eigenvalue weighted by atomic mass is 10.0. The second-order valence-electron chi connectivity index (χ2n) is 18.1. The number of hydrogen-bond donors (Lipinski definition) is 6. The quantitative estimate of drug-likeness (QED) is 0.0251. The van der Waals surface area contributed by atoms with E-state index in [4.69, 9.17) is 24.6 Å². The van der Waals surface area contributed by atoms with Crippen LogP contribution >= 0.6 is 0 Å². The highest BCUT2D eigenvalue weighted by atomic mass is 19.2. The highest BCUT2D eigenvalue weighted by molar-refractivity contribution is 6.43. The minimum absolute atomic E-state index is 0.000660. The van der Waals surface area contributed by atoms with Gasteiger partial charge < -0.3 is 45.0 Å². The van der Waals surface area contributed by atoms with Crippen molar-refractivity contribution in [2.75, 3.05) is 105 Å². The number of nitrogens with zero attached hydrogens (tertiary/aromatic N) is 7. The number of allylic oxidation sites excluding steroid dienone is 1. The lowest BCUT2D eigenvalue weighted by Crippen LogP contribution is -2.47. The number of carbonyl (C=O) groups excluding carboxylic acids is 2. The second-order valence-corrected chi connectivity index (χ2v) is 18.1. The molecule has 6 N–H and O–H groups in total. The number of hydrogen-bond acceptors (Lipinski definition) is 13. The minimum Gasteiger partial charge on any atom is -0.497 e. The first-order valence-electron chi connectivity index (χ1n) is 25.2. The van der Waals surface area contributed by atoms with Gasteiger partial charge in [0.25, 0.3) is 5.91 Å². The number of carboxylic acid groups (broad SMARTS) is 4. The molecule has 0 saturated carbocycles. The Morgan fingerprint density at radius 3 is 1.61 bits per heavy atom. The van der Waals surface area contributed by atoms with E-state index < -0.39 is 56.2 Å². The van der Waals surface area contributed by atoms with Gasteiger partial charge >= 0.3 is 31.3 Å². The fraction of sp³-hybridized carbons (Fsp3) is 0.309. The minimum atomic E-state index is -2.97. The first-order valence-corrected chi connectivity index (χ1v) is 25.2. The summed E-state index contributed by atoms with van der Waals surface area (Å²) in [6.07, 6.45) is 1.83. The molecular weight excluding hydrogens is 1030 g/mol. The van der Waals surface area contributed by atoms with Crippen LogP contribution in [0, 0.1) is 0 Å². The van der Waals surface area contributed by atoms with E-state index in [1.54, 1.807) is 102 Å². The number of ether oxygens (including phenoxy) is 2. The van der Waals surface area contributed by atoms with Gasteiger partial charge in [-0.2, -0.15) is 0 Å². The highest BCUT2D eigenvalue weighted by Crippen LogP contribution is 2.41. The maximum atomic E-state index is 15.3. The third-order valence-corrected chi connectivity index (χ3v) is 12.5. The molecule has 4 aromatic carbocycles. The number of benzene rings is 4. The van der Waals surface area contributed by atoms with E-state index in [9.17, 15) is 44.1 Å². The van der Waals surface area contributed by atoms with Crippen LogP contribution in [0.25, 0.3) is 28.0 Å². The van der Waals surface area contributed by atoms with Gasteiger partial charge in [0, 0.05) is 74.8 Å². The number of rotatable bonds is 33. The van der Waals surface area contributed by atoms with E-state index in [2.05, 4.69) is 10.6 Å². The van der Waals surface area contributed by atoms with Gasteiger partial charge in [-0.3, -0.25) is 57.0 Å². The second kappa shape index (κ2) is 29.8. The maximum Gasteiger partial charge on any atom is 0.679 e. The maximum absolute atomic E-state index is 15.3. The molecule has 0 bridgehead atoms. The zero-order chi connectivity index (χ0) is 56.8. The fourth-order valence-corrected chi connectivity index (χ4v) is 8.51. The SMILES string of the molecule is CCN(CCN(CCN(CCN(CC(=O)O)CC(=O)NCCNC(=O)COc1ccc(C2=CC(c3ccccc3)=N/C2=N\c2c(-c3ccc(OC)cc3)cc(-c3ccccc3)n2B(F)F)cc1)CC(=O)O)CC(=O)O)CC(=O)O. The Hall–Kier alpha value is -8.58. The molecule has 0 radical (unpaired) electrons. The van der Waals surface area contributed by atoms with E-state index in [1.807, 2.05) is 36.4 Å². The standard InChI is InChI=1S/C55H62BF2N9O12/c1-3-63(33-50(70)71)24-25-64(34-51(72)73)26-27-65(35-52(74)75)28-29-66(36-53(76)77)32-48(68)59-22-23-60-49(69)37-79-43-20-16-38(17-21-43)44-30-46(40-10-6-4-7-11-40)61-54(44)62-55-45(39-14-18-42(78-2)19-15-39)31-47(67(55)56(57)58)41-12-8-5-9-13-41/h4-21,30-31H,3,22-29,32-37H2,1-2H3,(H,59,68)(H,60,69)(H,70,71)(H,72,73)(H,74,75)(H,76,77)/b62-54-. The molecule has 0 saturated heterocycles. The van der Waals surface area contributed by atoms with Crippen LogP contribution in [0.4, 0.5) is 14.4 Å². The molecule has 0 aliphatic carbocycles. The van der Waals surface area contributed by atoms with Gasteiger partial charge in [-0.15, -0.1) is 0 Å². The molecule has 0 fully saturated rings. The Morgan fingerprint density at radius 2 is 1.08 bits per heavy atom. The Bertz CT molecular complexity index is 2980. The molecule has 2 amide bonds. The summed E-state index contributed by atoms with van der Waals surface area (Å²) in [5.74, 6) is -4.52. The van der Waals surface area contributed by atoms with Crippen molar-refractivity contribution in [2.24, 2.45) is 9.98 Å². The molecule has 1 aromatic heterocycles. The molecule has 79 heavy (non-hydrogen) atoms. The number of methoxy groups -OCH3 is 1. The number of carboxylic acids is 4. The van der Waals surface area contributed by atoms with Crippen LogP contribution in [0.3, 0.4) is 0 Å². The Morgan fingerprint density at radius 1 is 0.595 bits per heavy atom. The summed E-state index contributed by atoms with van der Waals surface area (Å²) in [6.45, 7) is 0.466. The highest BCUT2D eigenvalue weighted by Gasteiger charge is 2.30. The van der Waals surface area contributed by atoms with E-state index in [1.165, 1.54) is 16.9 Å². The topological polar surface area (TPSA) is 268 Å². The van der Waals surface area contributed by atoms with E-state index in [0.717, 1.165) is 10.0 Å². The summed E-state index contributed by atoms with van der Waals surface area (Å²) in [4.78, 5) is 87.7. The van der Waals surface area contributed by atoms with Crippen LogP contribution in [-0.2, 0) is 28.8 Å². The van der Waals surface area contributed by atoms with E-state index in [-0.39, 0.29) is 95.9 Å². The summed E-state index contributed by atoms with van der Waals surface area (Å²) in [5.41, 5.74) is 4.44. The Kier molecular flexibility index (Phi) is 22.5. The van der Waals surface area contributed by atoms with Crippen molar-refractivity contribution in [1.82, 2.24) is 34.7 Å². The van der Waals surface area contributed by atoms with Crippen molar-refractivity contribution in [2.45, 2.75) is 6.92 Å². The molecule has 0 atom stereocenters. The van der Waals surface area contributed by atoms with Crippen LogP contribution in [0.5, 0.6) is 11.5 Å². The molecular formula is C55H62BF2N9O12. The van der Waals surface area contributed by atoms with Gasteiger partial charge in [-0.05, 0) is 59.6 Å². The zero-order valence-electron chi connectivity index (χ0n) is 43.7. The average Bonchev–Trinajstić information content (AvgIpc) is 4.13. The molecule has 24 heteroatoms. The largest absolute Gasteiger partial charge is 0.679 e. The monoisotopic (exact) mass is 1090 g/mol. The number of aromatic nitrogens is 1. The fourth-order valence-electron chi connectivity index (χ4n) is 8.51. The van der Waals surface area contributed by atoms with Gasteiger partial charge in [-0.1, -0.05) is 91.9 Å². The first-order chi connectivity index (χ1) is 38.0. The number of amides is 2. The van der Waals surface area contributed by atoms with Crippen molar-refractivity contribution < 1.29 is 67.3 Å². The lowest BCUT2D eigenvalue weighted by Gasteiger charge is -2.29. The van der Waals surface area contributed by atoms with E-state index in [0.29, 0.717) is 51.6 Å². The molecule has 0 unspecified atom stereocenters. The molecule has 1 aliphatic rings. The van der Waals surface area contributed by atoms with Crippen molar-refractivity contribution >= 4 is 66.0 Å². The zero-order valence-corrected chi connectivity index (χ0v) is 43.7. The summed E-state index contributed by atoms with van der Waals surface area (Å²) < 4.78 is 42.7. The number of nitrogens with one attached hydrogen (secondary N) is 2. The lowest BCUT2D eigenvalue weighted by molar-refractivity contribution is -0.141. The third-order valence-electron chi connectivity index (χ3n) is 12.5. The van der Waals surface area contributed by atoms with Crippen LogP contribution in [0.15, 0.2) is 131 Å². The number of likely N-dealkylation sites (N-methyl/N-ethyl adjacent to an activating group) is 1. The van der Waals surface area contributed by atoms with Gasteiger partial charge in [-0.25, -0.2) is 9.98 Å². The van der Waals surface area contributed by atoms with Crippen LogP contribution in [0.2, 0.25) is 0 Å².